The topological polar surface area (TPSA) is 6.48 Å². The molecule has 0 amide bonds. The average molecular weight is 539 g/mol. The molecule has 2 nitrogen and oxygen atoms in total. The summed E-state index contributed by atoms with van der Waals surface area (Å²) in [7, 11) is 0. The van der Waals surface area contributed by atoms with Gasteiger partial charge in [0.25, 0.3) is 0 Å². The number of hydrogen-bond donors (Lipinski definition) is 0. The highest BCUT2D eigenvalue weighted by molar-refractivity contribution is 4.95. The molecule has 6 saturated carbocycles. The lowest BCUT2D eigenvalue weighted by Gasteiger charge is -2.50. The molecule has 6 rings (SSSR count). The van der Waals surface area contributed by atoms with Crippen molar-refractivity contribution in [1.82, 2.24) is 9.80 Å². The third kappa shape index (κ3) is 7.29. The van der Waals surface area contributed by atoms with E-state index < -0.39 is 0 Å². The molecule has 2 heteroatoms. The zero-order valence-corrected chi connectivity index (χ0v) is 26.2. The molecule has 6 aliphatic carbocycles. The Labute approximate surface area is 243 Å². The summed E-state index contributed by atoms with van der Waals surface area (Å²) in [6.07, 6.45) is 40.9. The van der Waals surface area contributed by atoms with Crippen molar-refractivity contribution in [1.29, 1.82) is 0 Å². The van der Waals surface area contributed by atoms with Crippen LogP contribution in [0.15, 0.2) is 0 Å². The van der Waals surface area contributed by atoms with Gasteiger partial charge in [-0.2, -0.15) is 0 Å². The molecule has 0 spiro atoms. The fraction of sp³-hybridized carbons (Fsp3) is 1.00. The standard InChI is InChI=1S/C37H66N2/c1-29-17-23-35(24-18-29)39(34-15-9-4-10-16-34)37-27-21-31(22-28-37)30-19-25-36(26-20-30)38(32-11-5-2-6-12-32)33-13-7-3-8-14-33/h29-37H,2-28H2,1H3. The molecule has 0 aliphatic heterocycles. The Hall–Kier alpha value is -0.0800. The quantitative estimate of drug-likeness (QED) is 0.318. The van der Waals surface area contributed by atoms with Crippen molar-refractivity contribution in [3.8, 4) is 0 Å². The van der Waals surface area contributed by atoms with E-state index in [-0.39, 0.29) is 0 Å². The summed E-state index contributed by atoms with van der Waals surface area (Å²) < 4.78 is 0. The minimum atomic E-state index is 0.923. The molecule has 224 valence electrons. The third-order valence-corrected chi connectivity index (χ3v) is 13.4. The predicted octanol–water partition coefficient (Wildman–Crippen LogP) is 10.3. The second-order valence-corrected chi connectivity index (χ2v) is 15.8. The fourth-order valence-electron chi connectivity index (χ4n) is 11.2. The molecule has 6 aliphatic rings. The average Bonchev–Trinajstić information content (AvgIpc) is 3.01. The van der Waals surface area contributed by atoms with E-state index in [9.17, 15) is 0 Å². The molecule has 0 heterocycles. The van der Waals surface area contributed by atoms with E-state index in [4.69, 9.17) is 0 Å². The van der Waals surface area contributed by atoms with Gasteiger partial charge in [0.2, 0.25) is 0 Å². The van der Waals surface area contributed by atoms with Crippen LogP contribution in [0.4, 0.5) is 0 Å². The van der Waals surface area contributed by atoms with Gasteiger partial charge in [-0.3, -0.25) is 9.80 Å². The highest BCUT2D eigenvalue weighted by Gasteiger charge is 2.40. The minimum absolute atomic E-state index is 0.923. The van der Waals surface area contributed by atoms with Crippen LogP contribution in [0.5, 0.6) is 0 Å². The van der Waals surface area contributed by atoms with Crippen molar-refractivity contribution in [2.75, 3.05) is 0 Å². The van der Waals surface area contributed by atoms with Crippen LogP contribution in [0.25, 0.3) is 0 Å². The summed E-state index contributed by atoms with van der Waals surface area (Å²) in [5.41, 5.74) is 0. The first-order valence-electron chi connectivity index (χ1n) is 18.8. The Balaban J connectivity index is 1.03. The second-order valence-electron chi connectivity index (χ2n) is 15.8. The molecule has 0 unspecified atom stereocenters. The predicted molar refractivity (Wildman–Crippen MR) is 167 cm³/mol. The maximum atomic E-state index is 3.20. The molecule has 0 atom stereocenters. The zero-order valence-electron chi connectivity index (χ0n) is 26.2. The van der Waals surface area contributed by atoms with Crippen molar-refractivity contribution >= 4 is 0 Å². The Kier molecular flexibility index (Phi) is 10.7. The van der Waals surface area contributed by atoms with E-state index in [1.807, 2.05) is 0 Å². The molecule has 39 heavy (non-hydrogen) atoms. The van der Waals surface area contributed by atoms with E-state index in [0.29, 0.717) is 0 Å². The number of hydrogen-bond acceptors (Lipinski definition) is 2. The molecule has 0 bridgehead atoms. The Morgan fingerprint density at radius 3 is 0.846 bits per heavy atom. The SMILES string of the molecule is CC1CCC(N(C2CCCCC2)C2CCC(C3CCC(N(C4CCCCC4)C4CCCCC4)CC3)CC2)CC1. The maximum Gasteiger partial charge on any atom is 0.0101 e. The number of nitrogens with zero attached hydrogens (tertiary/aromatic N) is 2. The Morgan fingerprint density at radius 1 is 0.282 bits per heavy atom. The van der Waals surface area contributed by atoms with Crippen LogP contribution >= 0.6 is 0 Å². The van der Waals surface area contributed by atoms with E-state index in [1.54, 1.807) is 25.7 Å². The van der Waals surface area contributed by atoms with Crippen LogP contribution in [0.2, 0.25) is 0 Å². The summed E-state index contributed by atoms with van der Waals surface area (Å²) in [6.45, 7) is 2.50. The van der Waals surface area contributed by atoms with Crippen molar-refractivity contribution in [3.63, 3.8) is 0 Å². The highest BCUT2D eigenvalue weighted by atomic mass is 15.2. The van der Waals surface area contributed by atoms with Crippen LogP contribution in [0, 0.1) is 17.8 Å². The Morgan fingerprint density at radius 2 is 0.538 bits per heavy atom. The maximum absolute atomic E-state index is 3.20. The van der Waals surface area contributed by atoms with Crippen molar-refractivity contribution in [2.24, 2.45) is 17.8 Å². The molecule has 0 aromatic carbocycles. The second kappa shape index (κ2) is 14.4. The summed E-state index contributed by atoms with van der Waals surface area (Å²) in [5, 5.41) is 0. The third-order valence-electron chi connectivity index (χ3n) is 13.4. The van der Waals surface area contributed by atoms with Crippen LogP contribution in [-0.2, 0) is 0 Å². The molecule has 0 aromatic heterocycles. The lowest BCUT2D eigenvalue weighted by Crippen LogP contribution is -2.53. The fourth-order valence-corrected chi connectivity index (χ4v) is 11.2. The largest absolute Gasteiger partial charge is 0.294 e. The summed E-state index contributed by atoms with van der Waals surface area (Å²) >= 11 is 0. The van der Waals surface area contributed by atoms with E-state index >= 15 is 0 Å². The van der Waals surface area contributed by atoms with Gasteiger partial charge in [0.15, 0.2) is 0 Å². The summed E-state index contributed by atoms with van der Waals surface area (Å²) in [6, 6.07) is 5.58. The van der Waals surface area contributed by atoms with Crippen molar-refractivity contribution in [3.05, 3.63) is 0 Å². The van der Waals surface area contributed by atoms with Gasteiger partial charge in [0.05, 0.1) is 0 Å². The lowest BCUT2D eigenvalue weighted by molar-refractivity contribution is -0.00670. The number of rotatable bonds is 7. The summed E-state index contributed by atoms with van der Waals surface area (Å²) in [5.74, 6) is 3.09. The highest BCUT2D eigenvalue weighted by Crippen LogP contribution is 2.44. The molecule has 0 aromatic rings. The van der Waals surface area contributed by atoms with Crippen LogP contribution in [0.3, 0.4) is 0 Å². The van der Waals surface area contributed by atoms with Crippen molar-refractivity contribution < 1.29 is 0 Å². The minimum Gasteiger partial charge on any atom is -0.294 e. The van der Waals surface area contributed by atoms with Crippen LogP contribution < -0.4 is 0 Å². The molecule has 0 N–H and O–H groups in total. The molecule has 0 saturated heterocycles. The van der Waals surface area contributed by atoms with Gasteiger partial charge in [0.1, 0.15) is 0 Å². The molecule has 6 fully saturated rings. The van der Waals surface area contributed by atoms with Gasteiger partial charge in [-0.25, -0.2) is 0 Å². The van der Waals surface area contributed by atoms with Gasteiger partial charge < -0.3 is 0 Å². The van der Waals surface area contributed by atoms with E-state index in [2.05, 4.69) is 16.7 Å². The van der Waals surface area contributed by atoms with Crippen LogP contribution in [-0.4, -0.2) is 46.1 Å². The van der Waals surface area contributed by atoms with E-state index in [1.165, 1.54) is 148 Å². The zero-order chi connectivity index (χ0) is 26.4. The van der Waals surface area contributed by atoms with E-state index in [0.717, 1.165) is 54.0 Å². The molecule has 0 radical (unpaired) electrons. The van der Waals surface area contributed by atoms with Crippen molar-refractivity contribution in [2.45, 2.75) is 217 Å². The van der Waals surface area contributed by atoms with Gasteiger partial charge in [-0.05, 0) is 133 Å². The van der Waals surface area contributed by atoms with Gasteiger partial charge in [0, 0.05) is 36.3 Å². The van der Waals surface area contributed by atoms with Gasteiger partial charge >= 0.3 is 0 Å². The molecular formula is C37H66N2. The normalized spacial score (nSPS) is 38.8. The van der Waals surface area contributed by atoms with Gasteiger partial charge in [-0.1, -0.05) is 64.7 Å². The summed E-state index contributed by atoms with van der Waals surface area (Å²) in [4.78, 5) is 6.39. The molecular weight excluding hydrogens is 472 g/mol. The monoisotopic (exact) mass is 539 g/mol. The van der Waals surface area contributed by atoms with Crippen LogP contribution in [0.1, 0.15) is 180 Å². The van der Waals surface area contributed by atoms with Gasteiger partial charge in [-0.15, -0.1) is 0 Å². The smallest absolute Gasteiger partial charge is 0.0101 e. The first kappa shape index (κ1) is 29.0. The Bertz CT molecular complexity index is 660. The first-order chi connectivity index (χ1) is 19.3. The lowest BCUT2D eigenvalue weighted by atomic mass is 9.70. The first-order valence-corrected chi connectivity index (χ1v) is 18.8.